The van der Waals surface area contributed by atoms with E-state index in [1.165, 1.54) is 83.5 Å². The number of hydrogen-bond donors (Lipinski definition) is 0. The molecule has 1 amide bonds. The Balaban J connectivity index is 2.19. The molecular formula is C39H74N2O4. The average molecular weight is 635 g/mol. The first-order chi connectivity index (χ1) is 22.1. The quantitative estimate of drug-likeness (QED) is 0.0408. The van der Waals surface area contributed by atoms with E-state index < -0.39 is 0 Å². The lowest BCUT2D eigenvalue weighted by molar-refractivity contribution is -0.144. The number of rotatable bonds is 33. The van der Waals surface area contributed by atoms with Crippen LogP contribution >= 0.6 is 0 Å². The van der Waals surface area contributed by atoms with E-state index >= 15 is 0 Å². The van der Waals surface area contributed by atoms with Crippen molar-refractivity contribution in [3.63, 3.8) is 0 Å². The highest BCUT2D eigenvalue weighted by Crippen LogP contribution is 2.23. The van der Waals surface area contributed by atoms with Crippen molar-refractivity contribution in [2.75, 3.05) is 39.3 Å². The Hall–Kier alpha value is -1.43. The van der Waals surface area contributed by atoms with E-state index in [-0.39, 0.29) is 5.97 Å². The van der Waals surface area contributed by atoms with E-state index in [9.17, 15) is 14.4 Å². The van der Waals surface area contributed by atoms with Crippen LogP contribution in [0, 0.1) is 5.92 Å². The van der Waals surface area contributed by atoms with Crippen molar-refractivity contribution >= 4 is 18.2 Å². The van der Waals surface area contributed by atoms with Gasteiger partial charge < -0.3 is 19.3 Å². The molecule has 1 rings (SSSR count). The van der Waals surface area contributed by atoms with Crippen molar-refractivity contribution in [2.45, 2.75) is 187 Å². The Morgan fingerprint density at radius 3 is 1.80 bits per heavy atom. The highest BCUT2D eigenvalue weighted by molar-refractivity contribution is 5.76. The SMILES string of the molecule is CCCCCCC(CCCCCC)CCCOC(=O)CCCCCCCN(CCCCCCCC=O)C(=O)CCN1CCCC1. The van der Waals surface area contributed by atoms with Crippen molar-refractivity contribution in [3.05, 3.63) is 0 Å². The molecule has 0 N–H and O–H groups in total. The summed E-state index contributed by atoms with van der Waals surface area (Å²) < 4.78 is 5.60. The minimum atomic E-state index is -0.0293. The second kappa shape index (κ2) is 31.2. The van der Waals surface area contributed by atoms with Crippen LogP contribution in [-0.4, -0.2) is 67.3 Å². The van der Waals surface area contributed by atoms with Crippen LogP contribution in [0.5, 0.6) is 0 Å². The Morgan fingerprint density at radius 1 is 0.667 bits per heavy atom. The van der Waals surface area contributed by atoms with Gasteiger partial charge in [0.25, 0.3) is 0 Å². The molecule has 1 aliphatic rings. The van der Waals surface area contributed by atoms with Crippen LogP contribution in [0.3, 0.4) is 0 Å². The molecule has 0 spiro atoms. The van der Waals surface area contributed by atoms with Crippen molar-refractivity contribution < 1.29 is 19.1 Å². The first kappa shape index (κ1) is 41.6. The minimum absolute atomic E-state index is 0.0293. The molecule has 0 bridgehead atoms. The first-order valence-electron chi connectivity index (χ1n) is 19.7. The zero-order valence-corrected chi connectivity index (χ0v) is 30.0. The number of nitrogens with zero attached hydrogens (tertiary/aromatic N) is 2. The maximum atomic E-state index is 13.0. The molecule has 0 radical (unpaired) electrons. The van der Waals surface area contributed by atoms with Crippen LogP contribution in [0.2, 0.25) is 0 Å². The summed E-state index contributed by atoms with van der Waals surface area (Å²) in [6, 6.07) is 0. The van der Waals surface area contributed by atoms with Crippen molar-refractivity contribution in [2.24, 2.45) is 5.92 Å². The predicted molar refractivity (Wildman–Crippen MR) is 190 cm³/mol. The molecule has 0 atom stereocenters. The molecule has 6 nitrogen and oxygen atoms in total. The molecule has 0 aromatic carbocycles. The fourth-order valence-corrected chi connectivity index (χ4v) is 6.73. The van der Waals surface area contributed by atoms with E-state index in [0.717, 1.165) is 116 Å². The Kier molecular flexibility index (Phi) is 28.8. The molecule has 6 heteroatoms. The van der Waals surface area contributed by atoms with E-state index in [4.69, 9.17) is 4.74 Å². The van der Waals surface area contributed by atoms with Gasteiger partial charge in [-0.15, -0.1) is 0 Å². The van der Waals surface area contributed by atoms with Crippen LogP contribution in [-0.2, 0) is 19.1 Å². The summed E-state index contributed by atoms with van der Waals surface area (Å²) in [7, 11) is 0. The van der Waals surface area contributed by atoms with Crippen LogP contribution in [0.1, 0.15) is 187 Å². The second-order valence-corrected chi connectivity index (χ2v) is 13.8. The number of carbonyl (C=O) groups excluding carboxylic acids is 3. The summed E-state index contributed by atoms with van der Waals surface area (Å²) in [5, 5.41) is 0. The van der Waals surface area contributed by atoms with Gasteiger partial charge >= 0.3 is 5.97 Å². The van der Waals surface area contributed by atoms with Gasteiger partial charge in [-0.2, -0.15) is 0 Å². The molecule has 1 fully saturated rings. The van der Waals surface area contributed by atoms with Gasteiger partial charge in [0.2, 0.25) is 5.91 Å². The molecule has 264 valence electrons. The smallest absolute Gasteiger partial charge is 0.305 e. The summed E-state index contributed by atoms with van der Waals surface area (Å²) in [6.07, 6.45) is 31.6. The fourth-order valence-electron chi connectivity index (χ4n) is 6.73. The topological polar surface area (TPSA) is 66.9 Å². The van der Waals surface area contributed by atoms with Gasteiger partial charge in [0, 0.05) is 38.9 Å². The van der Waals surface area contributed by atoms with Gasteiger partial charge in [-0.25, -0.2) is 0 Å². The zero-order chi connectivity index (χ0) is 32.6. The van der Waals surface area contributed by atoms with Crippen LogP contribution < -0.4 is 0 Å². The molecule has 0 saturated carbocycles. The lowest BCUT2D eigenvalue weighted by Crippen LogP contribution is -2.35. The fraction of sp³-hybridized carbons (Fsp3) is 0.923. The summed E-state index contributed by atoms with van der Waals surface area (Å²) in [5.41, 5.74) is 0. The second-order valence-electron chi connectivity index (χ2n) is 13.8. The first-order valence-corrected chi connectivity index (χ1v) is 19.7. The number of likely N-dealkylation sites (tertiary alicyclic amines) is 1. The molecule has 0 aromatic rings. The standard InChI is InChI=1S/C39H74N2O4/c1-3-5-7-16-25-37(26-17-8-6-4-2)27-24-36-45-39(44)28-18-12-11-14-20-33-41(32-19-13-9-10-15-23-35-42)38(43)29-34-40-30-21-22-31-40/h35,37H,3-34,36H2,1-2H3. The Bertz CT molecular complexity index is 683. The monoisotopic (exact) mass is 635 g/mol. The lowest BCUT2D eigenvalue weighted by Gasteiger charge is -2.24. The lowest BCUT2D eigenvalue weighted by atomic mass is 9.91. The number of esters is 1. The normalized spacial score (nSPS) is 13.5. The summed E-state index contributed by atoms with van der Waals surface area (Å²) in [5.74, 6) is 1.08. The summed E-state index contributed by atoms with van der Waals surface area (Å²) >= 11 is 0. The highest BCUT2D eigenvalue weighted by Gasteiger charge is 2.17. The third-order valence-electron chi connectivity index (χ3n) is 9.70. The molecule has 0 aromatic heterocycles. The van der Waals surface area contributed by atoms with Gasteiger partial charge in [0.1, 0.15) is 6.29 Å². The largest absolute Gasteiger partial charge is 0.466 e. The van der Waals surface area contributed by atoms with Crippen molar-refractivity contribution in [1.29, 1.82) is 0 Å². The molecular weight excluding hydrogens is 560 g/mol. The summed E-state index contributed by atoms with van der Waals surface area (Å²) in [4.78, 5) is 40.4. The number of ether oxygens (including phenoxy) is 1. The minimum Gasteiger partial charge on any atom is -0.466 e. The molecule has 45 heavy (non-hydrogen) atoms. The molecule has 1 heterocycles. The average Bonchev–Trinajstić information content (AvgIpc) is 3.57. The maximum Gasteiger partial charge on any atom is 0.305 e. The van der Waals surface area contributed by atoms with E-state index in [1.54, 1.807) is 0 Å². The van der Waals surface area contributed by atoms with Gasteiger partial charge in [0.15, 0.2) is 0 Å². The van der Waals surface area contributed by atoms with Crippen molar-refractivity contribution in [3.8, 4) is 0 Å². The molecule has 0 unspecified atom stereocenters. The van der Waals surface area contributed by atoms with Gasteiger partial charge in [-0.05, 0) is 70.4 Å². The van der Waals surface area contributed by atoms with Crippen molar-refractivity contribution in [1.82, 2.24) is 9.80 Å². The predicted octanol–water partition coefficient (Wildman–Crippen LogP) is 10.1. The van der Waals surface area contributed by atoms with Crippen LogP contribution in [0.4, 0.5) is 0 Å². The van der Waals surface area contributed by atoms with Gasteiger partial charge in [0.05, 0.1) is 6.61 Å². The highest BCUT2D eigenvalue weighted by atomic mass is 16.5. The number of unbranched alkanes of at least 4 members (excludes halogenated alkanes) is 15. The van der Waals surface area contributed by atoms with E-state index in [1.807, 2.05) is 0 Å². The maximum absolute atomic E-state index is 13.0. The van der Waals surface area contributed by atoms with Gasteiger partial charge in [-0.3, -0.25) is 9.59 Å². The van der Waals surface area contributed by atoms with E-state index in [2.05, 4.69) is 23.6 Å². The molecule has 1 saturated heterocycles. The summed E-state index contributed by atoms with van der Waals surface area (Å²) in [6.45, 7) is 10.0. The van der Waals surface area contributed by atoms with Crippen LogP contribution in [0.25, 0.3) is 0 Å². The van der Waals surface area contributed by atoms with Gasteiger partial charge in [-0.1, -0.05) is 117 Å². The Labute approximate surface area is 279 Å². The zero-order valence-electron chi connectivity index (χ0n) is 30.0. The number of aldehydes is 1. The number of hydrogen-bond acceptors (Lipinski definition) is 5. The van der Waals surface area contributed by atoms with E-state index in [0.29, 0.717) is 31.8 Å². The Morgan fingerprint density at radius 2 is 1.20 bits per heavy atom. The van der Waals surface area contributed by atoms with Crippen LogP contribution in [0.15, 0.2) is 0 Å². The molecule has 1 aliphatic heterocycles. The third-order valence-corrected chi connectivity index (χ3v) is 9.70. The number of carbonyl (C=O) groups is 3. The third kappa shape index (κ3) is 25.4. The number of amides is 1. The molecule has 0 aliphatic carbocycles.